The summed E-state index contributed by atoms with van der Waals surface area (Å²) in [7, 11) is 0. The van der Waals surface area contributed by atoms with Crippen molar-refractivity contribution in [3.05, 3.63) is 34.9 Å². The highest BCUT2D eigenvalue weighted by Crippen LogP contribution is 2.34. The highest BCUT2D eigenvalue weighted by molar-refractivity contribution is 5.33. The van der Waals surface area contributed by atoms with Crippen molar-refractivity contribution in [1.82, 2.24) is 0 Å². The fraction of sp³-hybridized carbons (Fsp3) is 0.571. The first kappa shape index (κ1) is 10.7. The molecule has 1 saturated carbocycles. The van der Waals surface area contributed by atoms with Crippen LogP contribution in [0.4, 0.5) is 0 Å². The molecule has 0 aromatic heterocycles. The Bertz CT molecular complexity index is 343. The molecule has 82 valence electrons. The number of hydrogen-bond donors (Lipinski definition) is 1. The molecule has 0 bridgehead atoms. The SMILES string of the molecule is Cc1ccc(C)c(C2CCCC(O)C2)c1. The van der Waals surface area contributed by atoms with Crippen LogP contribution in [-0.4, -0.2) is 11.2 Å². The summed E-state index contributed by atoms with van der Waals surface area (Å²) in [5.41, 5.74) is 4.16. The Morgan fingerprint density at radius 1 is 1.20 bits per heavy atom. The third-order valence-corrected chi connectivity index (χ3v) is 3.52. The van der Waals surface area contributed by atoms with E-state index in [1.807, 2.05) is 0 Å². The van der Waals surface area contributed by atoms with Gasteiger partial charge in [-0.3, -0.25) is 0 Å². The van der Waals surface area contributed by atoms with Gasteiger partial charge in [0.05, 0.1) is 6.10 Å². The molecule has 1 nitrogen and oxygen atoms in total. The maximum atomic E-state index is 9.70. The average molecular weight is 204 g/mol. The van der Waals surface area contributed by atoms with Crippen molar-refractivity contribution in [2.24, 2.45) is 0 Å². The normalized spacial score (nSPS) is 26.6. The number of hydrogen-bond acceptors (Lipinski definition) is 1. The van der Waals surface area contributed by atoms with Gasteiger partial charge in [-0.15, -0.1) is 0 Å². The first-order chi connectivity index (χ1) is 7.16. The van der Waals surface area contributed by atoms with Crippen LogP contribution < -0.4 is 0 Å². The van der Waals surface area contributed by atoms with Gasteiger partial charge in [0.1, 0.15) is 0 Å². The first-order valence-electron chi connectivity index (χ1n) is 5.92. The second-order valence-electron chi connectivity index (χ2n) is 4.88. The fourth-order valence-electron chi connectivity index (χ4n) is 2.65. The summed E-state index contributed by atoms with van der Waals surface area (Å²) in [6.45, 7) is 4.32. The summed E-state index contributed by atoms with van der Waals surface area (Å²) in [5, 5.41) is 9.70. The van der Waals surface area contributed by atoms with Crippen molar-refractivity contribution in [3.63, 3.8) is 0 Å². The van der Waals surface area contributed by atoms with Crippen LogP contribution in [-0.2, 0) is 0 Å². The topological polar surface area (TPSA) is 20.2 Å². The van der Waals surface area contributed by atoms with E-state index in [2.05, 4.69) is 32.0 Å². The van der Waals surface area contributed by atoms with Gasteiger partial charge < -0.3 is 5.11 Å². The molecular formula is C14H20O. The van der Waals surface area contributed by atoms with Crippen LogP contribution in [0.5, 0.6) is 0 Å². The summed E-state index contributed by atoms with van der Waals surface area (Å²) in [4.78, 5) is 0. The molecule has 1 fully saturated rings. The Morgan fingerprint density at radius 2 is 2.00 bits per heavy atom. The maximum Gasteiger partial charge on any atom is 0.0546 e. The van der Waals surface area contributed by atoms with E-state index in [0.29, 0.717) is 5.92 Å². The van der Waals surface area contributed by atoms with E-state index in [4.69, 9.17) is 0 Å². The Kier molecular flexibility index (Phi) is 3.11. The zero-order valence-corrected chi connectivity index (χ0v) is 9.66. The molecule has 1 aliphatic rings. The zero-order chi connectivity index (χ0) is 10.8. The molecule has 0 amide bonds. The molecule has 0 aliphatic heterocycles. The van der Waals surface area contributed by atoms with E-state index in [0.717, 1.165) is 12.8 Å². The minimum atomic E-state index is -0.0799. The molecule has 2 unspecified atom stereocenters. The third-order valence-electron chi connectivity index (χ3n) is 3.52. The molecule has 1 aromatic rings. The largest absolute Gasteiger partial charge is 0.393 e. The Labute approximate surface area is 92.1 Å². The molecule has 0 saturated heterocycles. The summed E-state index contributed by atoms with van der Waals surface area (Å²) >= 11 is 0. The lowest BCUT2D eigenvalue weighted by molar-refractivity contribution is 0.119. The molecule has 1 aliphatic carbocycles. The van der Waals surface area contributed by atoms with Crippen LogP contribution in [0.2, 0.25) is 0 Å². The summed E-state index contributed by atoms with van der Waals surface area (Å²) in [6, 6.07) is 6.65. The van der Waals surface area contributed by atoms with Crippen molar-refractivity contribution in [3.8, 4) is 0 Å². The lowest BCUT2D eigenvalue weighted by Gasteiger charge is -2.27. The second-order valence-corrected chi connectivity index (χ2v) is 4.88. The Hall–Kier alpha value is -0.820. The Morgan fingerprint density at radius 3 is 2.73 bits per heavy atom. The molecule has 2 atom stereocenters. The second kappa shape index (κ2) is 4.36. The smallest absolute Gasteiger partial charge is 0.0546 e. The van der Waals surface area contributed by atoms with Gasteiger partial charge in [-0.2, -0.15) is 0 Å². The predicted octanol–water partition coefficient (Wildman–Crippen LogP) is 3.32. The van der Waals surface area contributed by atoms with Gasteiger partial charge in [0.2, 0.25) is 0 Å². The number of aryl methyl sites for hydroxylation is 2. The summed E-state index contributed by atoms with van der Waals surface area (Å²) in [5.74, 6) is 0.577. The van der Waals surface area contributed by atoms with E-state index in [-0.39, 0.29) is 6.10 Å². The van der Waals surface area contributed by atoms with Gasteiger partial charge >= 0.3 is 0 Å². The van der Waals surface area contributed by atoms with Crippen molar-refractivity contribution >= 4 is 0 Å². The number of aliphatic hydroxyl groups is 1. The lowest BCUT2D eigenvalue weighted by Crippen LogP contribution is -2.18. The zero-order valence-electron chi connectivity index (χ0n) is 9.66. The fourth-order valence-corrected chi connectivity index (χ4v) is 2.65. The number of rotatable bonds is 1. The lowest BCUT2D eigenvalue weighted by atomic mass is 9.80. The minimum Gasteiger partial charge on any atom is -0.393 e. The molecule has 0 radical (unpaired) electrons. The van der Waals surface area contributed by atoms with Crippen molar-refractivity contribution in [1.29, 1.82) is 0 Å². The molecule has 1 N–H and O–H groups in total. The van der Waals surface area contributed by atoms with Crippen LogP contribution in [0.15, 0.2) is 18.2 Å². The molecule has 2 rings (SSSR count). The van der Waals surface area contributed by atoms with E-state index >= 15 is 0 Å². The van der Waals surface area contributed by atoms with Gasteiger partial charge in [0.25, 0.3) is 0 Å². The van der Waals surface area contributed by atoms with E-state index < -0.39 is 0 Å². The van der Waals surface area contributed by atoms with Gasteiger partial charge in [-0.25, -0.2) is 0 Å². The summed E-state index contributed by atoms with van der Waals surface area (Å²) in [6.07, 6.45) is 4.26. The van der Waals surface area contributed by atoms with Crippen LogP contribution >= 0.6 is 0 Å². The van der Waals surface area contributed by atoms with Crippen LogP contribution in [0, 0.1) is 13.8 Å². The van der Waals surface area contributed by atoms with Gasteiger partial charge in [-0.1, -0.05) is 30.2 Å². The minimum absolute atomic E-state index is 0.0799. The van der Waals surface area contributed by atoms with Crippen molar-refractivity contribution < 1.29 is 5.11 Å². The Balaban J connectivity index is 2.24. The molecule has 1 heteroatoms. The highest BCUT2D eigenvalue weighted by atomic mass is 16.3. The number of benzene rings is 1. The first-order valence-corrected chi connectivity index (χ1v) is 5.92. The van der Waals surface area contributed by atoms with Crippen LogP contribution in [0.1, 0.15) is 48.3 Å². The monoisotopic (exact) mass is 204 g/mol. The molecule has 15 heavy (non-hydrogen) atoms. The van der Waals surface area contributed by atoms with Crippen LogP contribution in [0.25, 0.3) is 0 Å². The van der Waals surface area contributed by atoms with Crippen molar-refractivity contribution in [2.45, 2.75) is 51.6 Å². The molecular weight excluding hydrogens is 184 g/mol. The quantitative estimate of drug-likeness (QED) is 0.744. The average Bonchev–Trinajstić information content (AvgIpc) is 2.22. The van der Waals surface area contributed by atoms with E-state index in [9.17, 15) is 5.11 Å². The highest BCUT2D eigenvalue weighted by Gasteiger charge is 2.22. The molecule has 1 aromatic carbocycles. The standard InChI is InChI=1S/C14H20O/c1-10-6-7-11(2)14(8-10)12-4-3-5-13(15)9-12/h6-8,12-13,15H,3-5,9H2,1-2H3. The van der Waals surface area contributed by atoms with E-state index in [1.165, 1.54) is 29.5 Å². The van der Waals surface area contributed by atoms with E-state index in [1.54, 1.807) is 0 Å². The maximum absolute atomic E-state index is 9.70. The van der Waals surface area contributed by atoms with Gasteiger partial charge in [0.15, 0.2) is 0 Å². The molecule has 0 spiro atoms. The third kappa shape index (κ3) is 2.40. The van der Waals surface area contributed by atoms with Gasteiger partial charge in [0, 0.05) is 0 Å². The predicted molar refractivity (Wildman–Crippen MR) is 63.1 cm³/mol. The van der Waals surface area contributed by atoms with Crippen LogP contribution in [0.3, 0.4) is 0 Å². The van der Waals surface area contributed by atoms with Crippen molar-refractivity contribution in [2.75, 3.05) is 0 Å². The van der Waals surface area contributed by atoms with Gasteiger partial charge in [-0.05, 0) is 50.2 Å². The number of aliphatic hydroxyl groups excluding tert-OH is 1. The summed E-state index contributed by atoms with van der Waals surface area (Å²) < 4.78 is 0. The molecule has 0 heterocycles.